The number of hydrogen-bond acceptors (Lipinski definition) is 2. The summed E-state index contributed by atoms with van der Waals surface area (Å²) in [7, 11) is 2.26. The van der Waals surface area contributed by atoms with Gasteiger partial charge in [0.2, 0.25) is 0 Å². The molecule has 2 nitrogen and oxygen atoms in total. The summed E-state index contributed by atoms with van der Waals surface area (Å²) in [5, 5.41) is 3.92. The van der Waals surface area contributed by atoms with E-state index in [0.717, 1.165) is 18.1 Å². The van der Waals surface area contributed by atoms with E-state index in [1.807, 2.05) is 0 Å². The fraction of sp³-hybridized carbons (Fsp3) is 1.00. The minimum Gasteiger partial charge on any atom is -0.311 e. The minimum atomic E-state index is 0.761. The first-order valence-corrected chi connectivity index (χ1v) is 7.22. The summed E-state index contributed by atoms with van der Waals surface area (Å²) in [5.74, 6) is 0. The van der Waals surface area contributed by atoms with Gasteiger partial charge in [0.05, 0.1) is 0 Å². The van der Waals surface area contributed by atoms with Crippen molar-refractivity contribution in [3.8, 4) is 0 Å². The summed E-state index contributed by atoms with van der Waals surface area (Å²) < 4.78 is 0. The van der Waals surface area contributed by atoms with Gasteiger partial charge in [-0.25, -0.2) is 0 Å². The highest BCUT2D eigenvalue weighted by Gasteiger charge is 2.24. The van der Waals surface area contributed by atoms with Crippen molar-refractivity contribution in [1.82, 2.24) is 10.2 Å². The highest BCUT2D eigenvalue weighted by molar-refractivity contribution is 4.84. The third-order valence-electron chi connectivity index (χ3n) is 4.53. The van der Waals surface area contributed by atoms with Crippen LogP contribution in [0, 0.1) is 0 Å². The van der Waals surface area contributed by atoms with Crippen LogP contribution in [0.25, 0.3) is 0 Å². The molecule has 2 unspecified atom stereocenters. The summed E-state index contributed by atoms with van der Waals surface area (Å²) in [6.45, 7) is 3.63. The molecule has 2 fully saturated rings. The molecular formula is C14H28N2. The molecule has 0 aromatic carbocycles. The fourth-order valence-corrected chi connectivity index (χ4v) is 3.22. The van der Waals surface area contributed by atoms with E-state index in [0.29, 0.717) is 0 Å². The van der Waals surface area contributed by atoms with Gasteiger partial charge in [-0.05, 0) is 46.2 Å². The van der Waals surface area contributed by atoms with Gasteiger partial charge in [-0.1, -0.05) is 25.7 Å². The number of likely N-dealkylation sites (tertiary alicyclic amines) is 1. The van der Waals surface area contributed by atoms with E-state index >= 15 is 0 Å². The van der Waals surface area contributed by atoms with Gasteiger partial charge in [0.1, 0.15) is 0 Å². The number of nitrogens with zero attached hydrogens (tertiary/aromatic N) is 1. The number of nitrogens with one attached hydrogen (secondary N) is 1. The smallest absolute Gasteiger partial charge is 0.00966 e. The largest absolute Gasteiger partial charge is 0.311 e. The van der Waals surface area contributed by atoms with E-state index in [1.165, 1.54) is 57.9 Å². The van der Waals surface area contributed by atoms with Crippen molar-refractivity contribution in [3.63, 3.8) is 0 Å². The van der Waals surface area contributed by atoms with Crippen LogP contribution in [-0.4, -0.2) is 36.6 Å². The Balaban J connectivity index is 1.75. The van der Waals surface area contributed by atoms with Crippen LogP contribution in [0.15, 0.2) is 0 Å². The molecule has 16 heavy (non-hydrogen) atoms. The number of hydrogen-bond donors (Lipinski definition) is 1. The molecule has 0 aromatic rings. The van der Waals surface area contributed by atoms with Gasteiger partial charge in [-0.15, -0.1) is 0 Å². The Hall–Kier alpha value is -0.0800. The fourth-order valence-electron chi connectivity index (χ4n) is 3.22. The summed E-state index contributed by atoms with van der Waals surface area (Å²) in [4.78, 5) is 2.49. The Morgan fingerprint density at radius 1 is 0.938 bits per heavy atom. The van der Waals surface area contributed by atoms with E-state index in [-0.39, 0.29) is 0 Å². The second-order valence-electron chi connectivity index (χ2n) is 5.91. The summed E-state index contributed by atoms with van der Waals surface area (Å²) in [5.41, 5.74) is 0. The zero-order valence-corrected chi connectivity index (χ0v) is 11.0. The van der Waals surface area contributed by atoms with Crippen molar-refractivity contribution in [2.75, 3.05) is 13.6 Å². The lowest BCUT2D eigenvalue weighted by Crippen LogP contribution is -2.48. The Morgan fingerprint density at radius 2 is 1.62 bits per heavy atom. The molecule has 0 bridgehead atoms. The zero-order chi connectivity index (χ0) is 11.4. The van der Waals surface area contributed by atoms with Crippen LogP contribution in [0.5, 0.6) is 0 Å². The van der Waals surface area contributed by atoms with Gasteiger partial charge in [0, 0.05) is 18.1 Å². The van der Waals surface area contributed by atoms with Crippen LogP contribution < -0.4 is 5.32 Å². The van der Waals surface area contributed by atoms with E-state index in [1.54, 1.807) is 0 Å². The molecule has 1 saturated carbocycles. The van der Waals surface area contributed by atoms with Crippen LogP contribution in [0.2, 0.25) is 0 Å². The van der Waals surface area contributed by atoms with Crippen molar-refractivity contribution in [2.24, 2.45) is 0 Å². The molecule has 0 radical (unpaired) electrons. The highest BCUT2D eigenvalue weighted by atomic mass is 15.1. The molecule has 1 N–H and O–H groups in total. The Bertz CT molecular complexity index is 197. The Morgan fingerprint density at radius 3 is 2.25 bits per heavy atom. The molecule has 1 saturated heterocycles. The summed E-state index contributed by atoms with van der Waals surface area (Å²) in [6.07, 6.45) is 11.3. The maximum absolute atomic E-state index is 3.92. The van der Waals surface area contributed by atoms with Gasteiger partial charge < -0.3 is 10.2 Å². The second kappa shape index (κ2) is 6.02. The van der Waals surface area contributed by atoms with Crippen LogP contribution in [0.3, 0.4) is 0 Å². The predicted octanol–water partition coefficient (Wildman–Crippen LogP) is 2.78. The third-order valence-corrected chi connectivity index (χ3v) is 4.53. The topological polar surface area (TPSA) is 15.3 Å². The van der Waals surface area contributed by atoms with Crippen LogP contribution in [0.4, 0.5) is 0 Å². The van der Waals surface area contributed by atoms with E-state index in [9.17, 15) is 0 Å². The maximum Gasteiger partial charge on any atom is 0.00966 e. The van der Waals surface area contributed by atoms with Gasteiger partial charge >= 0.3 is 0 Å². The third kappa shape index (κ3) is 3.46. The van der Waals surface area contributed by atoms with Crippen molar-refractivity contribution in [3.05, 3.63) is 0 Å². The lowest BCUT2D eigenvalue weighted by atomic mass is 9.97. The molecule has 0 amide bonds. The van der Waals surface area contributed by atoms with Crippen molar-refractivity contribution >= 4 is 0 Å². The molecule has 0 aromatic heterocycles. The van der Waals surface area contributed by atoms with Crippen molar-refractivity contribution < 1.29 is 0 Å². The average Bonchev–Trinajstić information content (AvgIpc) is 2.52. The van der Waals surface area contributed by atoms with Crippen molar-refractivity contribution in [1.29, 1.82) is 0 Å². The van der Waals surface area contributed by atoms with Crippen molar-refractivity contribution in [2.45, 2.75) is 76.4 Å². The summed E-state index contributed by atoms with van der Waals surface area (Å²) >= 11 is 0. The minimum absolute atomic E-state index is 0.761. The van der Waals surface area contributed by atoms with Gasteiger partial charge in [0.25, 0.3) is 0 Å². The molecule has 2 rings (SSSR count). The van der Waals surface area contributed by atoms with E-state index in [2.05, 4.69) is 24.2 Å². The molecular weight excluding hydrogens is 196 g/mol. The maximum atomic E-state index is 3.92. The molecule has 0 spiro atoms. The molecule has 2 aliphatic rings. The van der Waals surface area contributed by atoms with Gasteiger partial charge in [-0.3, -0.25) is 0 Å². The SMILES string of the molecule is CC1CC(NC2CCCCCC2)CCN1C. The standard InChI is InChI=1S/C14H28N2/c1-12-11-14(9-10-16(12)2)15-13-7-5-3-4-6-8-13/h12-15H,3-11H2,1-2H3. The zero-order valence-electron chi connectivity index (χ0n) is 11.0. The number of rotatable bonds is 2. The number of piperidine rings is 1. The normalized spacial score (nSPS) is 34.9. The second-order valence-corrected chi connectivity index (χ2v) is 5.91. The average molecular weight is 224 g/mol. The van der Waals surface area contributed by atoms with Gasteiger partial charge in [0.15, 0.2) is 0 Å². The predicted molar refractivity (Wildman–Crippen MR) is 69.7 cm³/mol. The Labute approximate surface area is 101 Å². The van der Waals surface area contributed by atoms with Crippen LogP contribution >= 0.6 is 0 Å². The quantitative estimate of drug-likeness (QED) is 0.726. The monoisotopic (exact) mass is 224 g/mol. The molecule has 1 heterocycles. The van der Waals surface area contributed by atoms with Gasteiger partial charge in [-0.2, -0.15) is 0 Å². The first-order valence-electron chi connectivity index (χ1n) is 7.22. The van der Waals surface area contributed by atoms with Crippen LogP contribution in [0.1, 0.15) is 58.3 Å². The molecule has 94 valence electrons. The lowest BCUT2D eigenvalue weighted by Gasteiger charge is -2.37. The molecule has 1 aliphatic carbocycles. The molecule has 2 atom stereocenters. The lowest BCUT2D eigenvalue weighted by molar-refractivity contribution is 0.160. The highest BCUT2D eigenvalue weighted by Crippen LogP contribution is 2.21. The van der Waals surface area contributed by atoms with E-state index in [4.69, 9.17) is 0 Å². The summed E-state index contributed by atoms with van der Waals surface area (Å²) in [6, 6.07) is 2.37. The van der Waals surface area contributed by atoms with Crippen LogP contribution in [-0.2, 0) is 0 Å². The first-order chi connectivity index (χ1) is 7.75. The molecule has 1 aliphatic heterocycles. The first kappa shape index (κ1) is 12.4. The molecule has 2 heteroatoms. The van der Waals surface area contributed by atoms with E-state index < -0.39 is 0 Å². The Kier molecular flexibility index (Phi) is 4.66.